The van der Waals surface area contributed by atoms with Gasteiger partial charge in [-0.2, -0.15) is 0 Å². The van der Waals surface area contributed by atoms with Gasteiger partial charge in [0.2, 0.25) is 5.91 Å². The molecule has 0 radical (unpaired) electrons. The van der Waals surface area contributed by atoms with E-state index < -0.39 is 0 Å². The van der Waals surface area contributed by atoms with Crippen molar-refractivity contribution in [1.29, 1.82) is 0 Å². The van der Waals surface area contributed by atoms with E-state index in [4.69, 9.17) is 0 Å². The molecule has 0 atom stereocenters. The molecule has 1 N–H and O–H groups in total. The Balaban J connectivity index is 1.46. The molecule has 4 nitrogen and oxygen atoms in total. The van der Waals surface area contributed by atoms with Gasteiger partial charge in [0.25, 0.3) is 0 Å². The first-order chi connectivity index (χ1) is 11.2. The summed E-state index contributed by atoms with van der Waals surface area (Å²) >= 11 is 0. The molecule has 0 saturated carbocycles. The molecule has 1 saturated heterocycles. The van der Waals surface area contributed by atoms with Crippen LogP contribution in [0, 0.1) is 0 Å². The zero-order valence-electron chi connectivity index (χ0n) is 13.7. The number of rotatable bonds is 4. The van der Waals surface area contributed by atoms with Crippen LogP contribution in [0.2, 0.25) is 0 Å². The van der Waals surface area contributed by atoms with Gasteiger partial charge in [0.05, 0.1) is 6.10 Å². The largest absolute Gasteiger partial charge is 0.393 e. The van der Waals surface area contributed by atoms with Crippen LogP contribution in [-0.2, 0) is 11.3 Å². The number of benzene rings is 1. The zero-order chi connectivity index (χ0) is 16.1. The molecule has 0 aliphatic carbocycles. The van der Waals surface area contributed by atoms with Gasteiger partial charge < -0.3 is 10.0 Å². The zero-order valence-corrected chi connectivity index (χ0v) is 13.7. The lowest BCUT2D eigenvalue weighted by atomic mass is 10.0. The first kappa shape index (κ1) is 16.2. The molecule has 2 heterocycles. The van der Waals surface area contributed by atoms with Gasteiger partial charge >= 0.3 is 0 Å². The van der Waals surface area contributed by atoms with Crippen molar-refractivity contribution >= 4 is 5.91 Å². The highest BCUT2D eigenvalue weighted by Gasteiger charge is 2.22. The average Bonchev–Trinajstić information content (AvgIpc) is 2.58. The highest BCUT2D eigenvalue weighted by molar-refractivity contribution is 5.78. The second-order valence-electron chi connectivity index (χ2n) is 6.62. The topological polar surface area (TPSA) is 43.8 Å². The van der Waals surface area contributed by atoms with Crippen molar-refractivity contribution in [3.8, 4) is 0 Å². The highest BCUT2D eigenvalue weighted by atomic mass is 16.3. The third-order valence-corrected chi connectivity index (χ3v) is 4.83. The molecule has 2 aliphatic heterocycles. The van der Waals surface area contributed by atoms with Gasteiger partial charge in [-0.1, -0.05) is 42.0 Å². The van der Waals surface area contributed by atoms with E-state index in [-0.39, 0.29) is 12.0 Å². The fourth-order valence-corrected chi connectivity index (χ4v) is 3.32. The predicted octanol–water partition coefficient (Wildman–Crippen LogP) is 2.19. The Hall–Kier alpha value is -1.65. The van der Waals surface area contributed by atoms with Gasteiger partial charge in [0.15, 0.2) is 0 Å². The second-order valence-corrected chi connectivity index (χ2v) is 6.62. The molecule has 1 fully saturated rings. The van der Waals surface area contributed by atoms with Crippen molar-refractivity contribution in [1.82, 2.24) is 9.80 Å². The van der Waals surface area contributed by atoms with E-state index in [1.807, 2.05) is 11.0 Å². The summed E-state index contributed by atoms with van der Waals surface area (Å²) in [5.41, 5.74) is 2.61. The lowest BCUT2D eigenvalue weighted by Gasteiger charge is -2.31. The first-order valence-electron chi connectivity index (χ1n) is 8.61. The van der Waals surface area contributed by atoms with E-state index >= 15 is 0 Å². The first-order valence-corrected chi connectivity index (χ1v) is 8.61. The summed E-state index contributed by atoms with van der Waals surface area (Å²) in [5, 5.41) is 9.53. The number of nitrogens with zero attached hydrogens (tertiary/aromatic N) is 2. The summed E-state index contributed by atoms with van der Waals surface area (Å²) in [7, 11) is 0. The van der Waals surface area contributed by atoms with Crippen LogP contribution in [0.3, 0.4) is 0 Å². The standard InChI is InChI=1S/C19H26N2O2/c22-18-8-12-21(13-9-18)19(23)14-16-6-10-20(11-7-16)15-17-4-2-1-3-5-17/h1-6,18,22H,7-15H2. The highest BCUT2D eigenvalue weighted by Crippen LogP contribution is 2.19. The van der Waals surface area contributed by atoms with Crippen molar-refractivity contribution in [3.63, 3.8) is 0 Å². The Morgan fingerprint density at radius 1 is 1.13 bits per heavy atom. The van der Waals surface area contributed by atoms with Crippen LogP contribution in [0.4, 0.5) is 0 Å². The molecule has 0 aromatic heterocycles. The van der Waals surface area contributed by atoms with Gasteiger partial charge in [-0.15, -0.1) is 0 Å². The summed E-state index contributed by atoms with van der Waals surface area (Å²) in [6, 6.07) is 10.5. The Morgan fingerprint density at radius 2 is 1.87 bits per heavy atom. The minimum Gasteiger partial charge on any atom is -0.393 e. The SMILES string of the molecule is O=C(CC1=CCN(Cc2ccccc2)CC1)N1CCC(O)CC1. The van der Waals surface area contributed by atoms with Gasteiger partial charge in [0, 0.05) is 39.1 Å². The van der Waals surface area contributed by atoms with Crippen LogP contribution >= 0.6 is 0 Å². The summed E-state index contributed by atoms with van der Waals surface area (Å²) in [4.78, 5) is 16.7. The third kappa shape index (κ3) is 4.66. The molecule has 1 amide bonds. The maximum absolute atomic E-state index is 12.3. The van der Waals surface area contributed by atoms with E-state index in [1.165, 1.54) is 11.1 Å². The molecule has 1 aromatic rings. The second kappa shape index (κ2) is 7.75. The van der Waals surface area contributed by atoms with Crippen molar-refractivity contribution in [2.45, 2.75) is 38.3 Å². The van der Waals surface area contributed by atoms with Crippen LogP contribution in [0.5, 0.6) is 0 Å². The lowest BCUT2D eigenvalue weighted by molar-refractivity contribution is -0.132. The number of hydrogen-bond acceptors (Lipinski definition) is 3. The molecular formula is C19H26N2O2. The molecule has 4 heteroatoms. The number of aliphatic hydroxyl groups is 1. The maximum Gasteiger partial charge on any atom is 0.226 e. The smallest absolute Gasteiger partial charge is 0.226 e. The number of likely N-dealkylation sites (tertiary alicyclic amines) is 1. The number of carbonyl (C=O) groups is 1. The molecule has 124 valence electrons. The summed E-state index contributed by atoms with van der Waals surface area (Å²) in [5.74, 6) is 0.222. The van der Waals surface area contributed by atoms with Gasteiger partial charge in [-0.25, -0.2) is 0 Å². The van der Waals surface area contributed by atoms with Crippen LogP contribution in [0.15, 0.2) is 42.0 Å². The quantitative estimate of drug-likeness (QED) is 0.867. The number of amides is 1. The van der Waals surface area contributed by atoms with Crippen molar-refractivity contribution in [3.05, 3.63) is 47.5 Å². The van der Waals surface area contributed by atoms with Gasteiger partial charge in [-0.3, -0.25) is 9.69 Å². The number of hydrogen-bond donors (Lipinski definition) is 1. The molecule has 3 rings (SSSR count). The monoisotopic (exact) mass is 314 g/mol. The van der Waals surface area contributed by atoms with E-state index in [1.54, 1.807) is 0 Å². The Bertz CT molecular complexity index is 548. The van der Waals surface area contributed by atoms with Crippen molar-refractivity contribution in [2.75, 3.05) is 26.2 Å². The molecule has 2 aliphatic rings. The van der Waals surface area contributed by atoms with Gasteiger partial charge in [0.1, 0.15) is 0 Å². The maximum atomic E-state index is 12.3. The van der Waals surface area contributed by atoms with Crippen LogP contribution in [-0.4, -0.2) is 53.1 Å². The molecular weight excluding hydrogens is 288 g/mol. The molecule has 1 aromatic carbocycles. The van der Waals surface area contributed by atoms with Gasteiger partial charge in [-0.05, 0) is 24.8 Å². The fraction of sp³-hybridized carbons (Fsp3) is 0.526. The molecule has 23 heavy (non-hydrogen) atoms. The van der Waals surface area contributed by atoms with Crippen molar-refractivity contribution < 1.29 is 9.90 Å². The van der Waals surface area contributed by atoms with Crippen LogP contribution < -0.4 is 0 Å². The van der Waals surface area contributed by atoms with Crippen LogP contribution in [0.1, 0.15) is 31.2 Å². The summed E-state index contributed by atoms with van der Waals surface area (Å²) in [6.07, 6.45) is 4.97. The minimum absolute atomic E-state index is 0.222. The fourth-order valence-electron chi connectivity index (χ4n) is 3.32. The minimum atomic E-state index is -0.223. The van der Waals surface area contributed by atoms with E-state index in [0.717, 1.165) is 38.9 Å². The molecule has 0 bridgehead atoms. The lowest BCUT2D eigenvalue weighted by Crippen LogP contribution is -2.40. The predicted molar refractivity (Wildman–Crippen MR) is 90.9 cm³/mol. The Kier molecular flexibility index (Phi) is 5.47. The van der Waals surface area contributed by atoms with Crippen LogP contribution in [0.25, 0.3) is 0 Å². The number of piperidine rings is 1. The summed E-state index contributed by atoms with van der Waals surface area (Å²) < 4.78 is 0. The summed E-state index contributed by atoms with van der Waals surface area (Å²) in [6.45, 7) is 4.33. The Morgan fingerprint density at radius 3 is 2.52 bits per heavy atom. The third-order valence-electron chi connectivity index (χ3n) is 4.83. The molecule has 0 unspecified atom stereocenters. The van der Waals surface area contributed by atoms with E-state index in [2.05, 4.69) is 35.2 Å². The van der Waals surface area contributed by atoms with E-state index in [9.17, 15) is 9.90 Å². The van der Waals surface area contributed by atoms with Crippen molar-refractivity contribution in [2.24, 2.45) is 0 Å². The average molecular weight is 314 g/mol. The normalized spacial score (nSPS) is 20.4. The number of aliphatic hydroxyl groups excluding tert-OH is 1. The number of carbonyl (C=O) groups excluding carboxylic acids is 1. The Labute approximate surface area is 138 Å². The molecule has 0 spiro atoms. The van der Waals surface area contributed by atoms with E-state index in [0.29, 0.717) is 19.5 Å².